The van der Waals surface area contributed by atoms with Crippen molar-refractivity contribution in [3.63, 3.8) is 0 Å². The quantitative estimate of drug-likeness (QED) is 0.691. The molecule has 0 bridgehead atoms. The smallest absolute Gasteiger partial charge is 0.310 e. The number of nitrogens with two attached hydrogens (primary N) is 1. The van der Waals surface area contributed by atoms with Crippen molar-refractivity contribution in [2.45, 2.75) is 19.8 Å². The maximum absolute atomic E-state index is 12.0. The average molecular weight is 325 g/mol. The number of hydrogen-bond donors (Lipinski definition) is 1. The van der Waals surface area contributed by atoms with Gasteiger partial charge in [0.15, 0.2) is 0 Å². The Labute approximate surface area is 142 Å². The summed E-state index contributed by atoms with van der Waals surface area (Å²) in [6.07, 6.45) is 1.85. The predicted molar refractivity (Wildman–Crippen MR) is 95.7 cm³/mol. The van der Waals surface area contributed by atoms with Crippen LogP contribution in [0.2, 0.25) is 0 Å². The van der Waals surface area contributed by atoms with E-state index in [0.717, 1.165) is 42.1 Å². The third-order valence-electron chi connectivity index (χ3n) is 4.28. The molecule has 1 aliphatic rings. The van der Waals surface area contributed by atoms with E-state index in [1.54, 1.807) is 0 Å². The minimum absolute atomic E-state index is 0.0727. The number of esters is 1. The molecule has 3 rings (SSSR count). The number of ether oxygens (including phenoxy) is 1. The van der Waals surface area contributed by atoms with Crippen LogP contribution in [0.5, 0.6) is 0 Å². The molecule has 1 atom stereocenters. The van der Waals surface area contributed by atoms with Crippen LogP contribution in [0.15, 0.2) is 42.5 Å². The zero-order valence-corrected chi connectivity index (χ0v) is 13.9. The van der Waals surface area contributed by atoms with Gasteiger partial charge in [-0.15, -0.1) is 0 Å². The predicted octanol–water partition coefficient (Wildman–Crippen LogP) is 3.11. The zero-order valence-electron chi connectivity index (χ0n) is 13.9. The molecule has 1 fully saturated rings. The molecule has 0 aliphatic carbocycles. The molecule has 2 aromatic rings. The van der Waals surface area contributed by atoms with Crippen LogP contribution < -0.4 is 10.6 Å². The van der Waals surface area contributed by atoms with Crippen LogP contribution in [-0.2, 0) is 9.53 Å². The van der Waals surface area contributed by atoms with Crippen molar-refractivity contribution in [3.8, 4) is 11.3 Å². The van der Waals surface area contributed by atoms with Gasteiger partial charge < -0.3 is 15.4 Å². The molecule has 1 aliphatic heterocycles. The number of hydrogen-bond acceptors (Lipinski definition) is 5. The van der Waals surface area contributed by atoms with Gasteiger partial charge in [0.2, 0.25) is 0 Å². The van der Waals surface area contributed by atoms with Crippen LogP contribution in [0.25, 0.3) is 11.3 Å². The molecule has 126 valence electrons. The first-order chi connectivity index (χ1) is 11.7. The lowest BCUT2D eigenvalue weighted by Crippen LogP contribution is -2.39. The monoisotopic (exact) mass is 325 g/mol. The van der Waals surface area contributed by atoms with E-state index >= 15 is 0 Å². The Hall–Kier alpha value is -2.56. The van der Waals surface area contributed by atoms with Crippen LogP contribution >= 0.6 is 0 Å². The third-order valence-corrected chi connectivity index (χ3v) is 4.28. The van der Waals surface area contributed by atoms with Gasteiger partial charge in [-0.1, -0.05) is 18.2 Å². The average Bonchev–Trinajstić information content (AvgIpc) is 2.62. The van der Waals surface area contributed by atoms with Gasteiger partial charge in [0.1, 0.15) is 5.82 Å². The van der Waals surface area contributed by atoms with Crippen molar-refractivity contribution in [1.29, 1.82) is 0 Å². The summed E-state index contributed by atoms with van der Waals surface area (Å²) in [6, 6.07) is 13.7. The number of carbonyl (C=O) groups excluding carboxylic acids is 1. The summed E-state index contributed by atoms with van der Waals surface area (Å²) >= 11 is 0. The fourth-order valence-electron chi connectivity index (χ4n) is 3.10. The normalized spacial score (nSPS) is 17.5. The molecule has 2 N–H and O–H groups in total. The highest BCUT2D eigenvalue weighted by atomic mass is 16.5. The topological polar surface area (TPSA) is 68.5 Å². The number of piperidine rings is 1. The number of benzene rings is 1. The minimum Gasteiger partial charge on any atom is -0.466 e. The highest BCUT2D eigenvalue weighted by Gasteiger charge is 2.27. The second-order valence-corrected chi connectivity index (χ2v) is 6.04. The Bertz CT molecular complexity index is 717. The number of anilines is 2. The van der Waals surface area contributed by atoms with Gasteiger partial charge >= 0.3 is 5.97 Å². The fraction of sp³-hybridized carbons (Fsp3) is 0.368. The summed E-state index contributed by atoms with van der Waals surface area (Å²) in [5, 5.41) is 0. The van der Waals surface area contributed by atoms with E-state index in [-0.39, 0.29) is 11.9 Å². The lowest BCUT2D eigenvalue weighted by molar-refractivity contribution is -0.148. The first-order valence-electron chi connectivity index (χ1n) is 8.42. The summed E-state index contributed by atoms with van der Waals surface area (Å²) in [6.45, 7) is 3.84. The SMILES string of the molecule is CCOC(=O)C1CCCN(c2cccc(-c3cccc(N)c3)n2)C1. The minimum atomic E-state index is -0.103. The molecule has 1 saturated heterocycles. The van der Waals surface area contributed by atoms with Gasteiger partial charge in [0, 0.05) is 24.3 Å². The number of nitrogen functional groups attached to an aromatic ring is 1. The van der Waals surface area contributed by atoms with Crippen molar-refractivity contribution < 1.29 is 9.53 Å². The number of pyridine rings is 1. The van der Waals surface area contributed by atoms with Gasteiger partial charge in [-0.2, -0.15) is 0 Å². The van der Waals surface area contributed by atoms with Crippen LogP contribution in [0, 0.1) is 5.92 Å². The van der Waals surface area contributed by atoms with Crippen LogP contribution in [-0.4, -0.2) is 30.6 Å². The van der Waals surface area contributed by atoms with Gasteiger partial charge in [0.25, 0.3) is 0 Å². The third kappa shape index (κ3) is 3.67. The standard InChI is InChI=1S/C19H23N3O2/c1-2-24-19(23)15-7-5-11-22(13-15)18-10-4-9-17(21-18)14-6-3-8-16(20)12-14/h3-4,6,8-10,12,15H,2,5,7,11,13,20H2,1H3. The lowest BCUT2D eigenvalue weighted by atomic mass is 9.98. The molecule has 1 aromatic heterocycles. The lowest BCUT2D eigenvalue weighted by Gasteiger charge is -2.32. The fourth-order valence-corrected chi connectivity index (χ4v) is 3.10. The number of carbonyl (C=O) groups is 1. The highest BCUT2D eigenvalue weighted by Crippen LogP contribution is 2.26. The van der Waals surface area contributed by atoms with Crippen molar-refractivity contribution in [2.75, 3.05) is 30.3 Å². The molecule has 1 unspecified atom stereocenters. The summed E-state index contributed by atoms with van der Waals surface area (Å²) in [5.74, 6) is 0.717. The first kappa shape index (κ1) is 16.3. The van der Waals surface area contributed by atoms with Crippen molar-refractivity contribution >= 4 is 17.5 Å². The highest BCUT2D eigenvalue weighted by molar-refractivity contribution is 5.73. The van der Waals surface area contributed by atoms with E-state index in [0.29, 0.717) is 13.2 Å². The Balaban J connectivity index is 1.79. The molecule has 0 saturated carbocycles. The number of aromatic nitrogens is 1. The molecule has 0 radical (unpaired) electrons. The summed E-state index contributed by atoms with van der Waals surface area (Å²) < 4.78 is 5.17. The molecule has 0 spiro atoms. The van der Waals surface area contributed by atoms with Crippen LogP contribution in [0.3, 0.4) is 0 Å². The second kappa shape index (κ2) is 7.34. The maximum atomic E-state index is 12.0. The van der Waals surface area contributed by atoms with Crippen LogP contribution in [0.1, 0.15) is 19.8 Å². The zero-order chi connectivity index (χ0) is 16.9. The van der Waals surface area contributed by atoms with Crippen molar-refractivity contribution in [2.24, 2.45) is 5.92 Å². The van der Waals surface area contributed by atoms with E-state index in [4.69, 9.17) is 15.5 Å². The molecule has 0 amide bonds. The van der Waals surface area contributed by atoms with Gasteiger partial charge in [-0.05, 0) is 44.0 Å². The molecule has 5 heteroatoms. The largest absolute Gasteiger partial charge is 0.466 e. The Morgan fingerprint density at radius 3 is 2.96 bits per heavy atom. The van der Waals surface area contributed by atoms with E-state index in [9.17, 15) is 4.79 Å². The molecule has 5 nitrogen and oxygen atoms in total. The second-order valence-electron chi connectivity index (χ2n) is 6.04. The van der Waals surface area contributed by atoms with Gasteiger partial charge in [-0.25, -0.2) is 4.98 Å². The van der Waals surface area contributed by atoms with E-state index < -0.39 is 0 Å². The van der Waals surface area contributed by atoms with Gasteiger partial charge in [0.05, 0.1) is 18.2 Å². The van der Waals surface area contributed by atoms with Crippen molar-refractivity contribution in [1.82, 2.24) is 4.98 Å². The Morgan fingerprint density at radius 2 is 2.17 bits per heavy atom. The molecular weight excluding hydrogens is 302 g/mol. The Morgan fingerprint density at radius 1 is 1.33 bits per heavy atom. The van der Waals surface area contributed by atoms with Crippen LogP contribution in [0.4, 0.5) is 11.5 Å². The summed E-state index contributed by atoms with van der Waals surface area (Å²) in [4.78, 5) is 19.0. The number of nitrogens with zero attached hydrogens (tertiary/aromatic N) is 2. The van der Waals surface area contributed by atoms with Crippen molar-refractivity contribution in [3.05, 3.63) is 42.5 Å². The first-order valence-corrected chi connectivity index (χ1v) is 8.42. The molecule has 1 aromatic carbocycles. The van der Waals surface area contributed by atoms with Gasteiger partial charge in [-0.3, -0.25) is 4.79 Å². The van der Waals surface area contributed by atoms with E-state index in [2.05, 4.69) is 4.90 Å². The molecule has 2 heterocycles. The molecular formula is C19H23N3O2. The maximum Gasteiger partial charge on any atom is 0.310 e. The summed E-state index contributed by atoms with van der Waals surface area (Å²) in [7, 11) is 0. The van der Waals surface area contributed by atoms with E-state index in [1.807, 2.05) is 49.4 Å². The number of rotatable bonds is 4. The summed E-state index contributed by atoms with van der Waals surface area (Å²) in [5.41, 5.74) is 8.47. The van der Waals surface area contributed by atoms with E-state index in [1.165, 1.54) is 0 Å². The molecule has 24 heavy (non-hydrogen) atoms. The Kier molecular flexibility index (Phi) is 4.99.